The number of benzene rings is 1. The van der Waals surface area contributed by atoms with E-state index in [1.54, 1.807) is 14.2 Å². The molecule has 142 valence electrons. The van der Waals surface area contributed by atoms with Crippen molar-refractivity contribution in [3.05, 3.63) is 23.8 Å². The summed E-state index contributed by atoms with van der Waals surface area (Å²) >= 11 is 0. The van der Waals surface area contributed by atoms with E-state index in [1.165, 1.54) is 12.8 Å². The van der Waals surface area contributed by atoms with Crippen molar-refractivity contribution in [2.24, 2.45) is 4.99 Å². The summed E-state index contributed by atoms with van der Waals surface area (Å²) < 4.78 is 11.6. The minimum Gasteiger partial charge on any atom is -0.493 e. The van der Waals surface area contributed by atoms with Gasteiger partial charge in [-0.2, -0.15) is 0 Å². The molecule has 0 atom stereocenters. The Kier molecular flexibility index (Phi) is 8.82. The number of hydrogen-bond acceptors (Lipinski definition) is 3. The lowest BCUT2D eigenvalue weighted by molar-refractivity contribution is 0.200. The van der Waals surface area contributed by atoms with Crippen LogP contribution in [0.3, 0.4) is 0 Å². The number of halogens is 1. The number of hydrogen-bond donors (Lipinski definition) is 2. The molecule has 5 nitrogen and oxygen atoms in total. The van der Waals surface area contributed by atoms with Crippen LogP contribution >= 0.6 is 24.0 Å². The topological polar surface area (TPSA) is 54.9 Å². The molecule has 0 aromatic heterocycles. The zero-order chi connectivity index (χ0) is 17.6. The molecule has 0 aliphatic heterocycles. The second-order valence-corrected chi connectivity index (χ2v) is 7.31. The predicted molar refractivity (Wildman–Crippen MR) is 114 cm³/mol. The fourth-order valence-corrected chi connectivity index (χ4v) is 2.83. The monoisotopic (exact) mass is 461 g/mol. The Labute approximate surface area is 169 Å². The molecule has 1 aliphatic rings. The Bertz CT molecular complexity index is 564. The molecular weight excluding hydrogens is 429 g/mol. The van der Waals surface area contributed by atoms with E-state index in [0.717, 1.165) is 35.9 Å². The fourth-order valence-electron chi connectivity index (χ4n) is 2.83. The number of ether oxygens (including phenoxy) is 2. The first-order chi connectivity index (χ1) is 11.4. The summed E-state index contributed by atoms with van der Waals surface area (Å²) in [5.41, 5.74) is 1.11. The van der Waals surface area contributed by atoms with Gasteiger partial charge in [0.25, 0.3) is 0 Å². The highest BCUT2D eigenvalue weighted by atomic mass is 127. The van der Waals surface area contributed by atoms with Crippen LogP contribution in [0.1, 0.15) is 52.0 Å². The van der Waals surface area contributed by atoms with E-state index < -0.39 is 0 Å². The molecule has 0 heterocycles. The van der Waals surface area contributed by atoms with Crippen LogP contribution in [0, 0.1) is 0 Å². The minimum absolute atomic E-state index is 0. The number of aliphatic imine (C=N–C) groups is 1. The molecule has 2 N–H and O–H groups in total. The third kappa shape index (κ3) is 7.30. The normalized spacial score (nSPS) is 15.5. The summed E-state index contributed by atoms with van der Waals surface area (Å²) in [6, 6.07) is 6.09. The van der Waals surface area contributed by atoms with Gasteiger partial charge in [-0.3, -0.25) is 4.99 Å². The van der Waals surface area contributed by atoms with Gasteiger partial charge >= 0.3 is 0 Å². The minimum atomic E-state index is -0.0293. The molecule has 0 bridgehead atoms. The number of nitrogens with zero attached hydrogens (tertiary/aromatic N) is 1. The van der Waals surface area contributed by atoms with Crippen molar-refractivity contribution < 1.29 is 9.47 Å². The quantitative estimate of drug-likeness (QED) is 0.394. The molecular formula is C19H32IN3O2. The van der Waals surface area contributed by atoms with Crippen LogP contribution in [-0.2, 0) is 6.54 Å². The van der Waals surface area contributed by atoms with Crippen LogP contribution in [0.5, 0.6) is 11.5 Å². The summed E-state index contributed by atoms with van der Waals surface area (Å²) in [7, 11) is 3.47. The van der Waals surface area contributed by atoms with Crippen LogP contribution < -0.4 is 20.1 Å². The van der Waals surface area contributed by atoms with E-state index in [-0.39, 0.29) is 29.5 Å². The molecule has 1 aromatic rings. The van der Waals surface area contributed by atoms with Gasteiger partial charge in [0.1, 0.15) is 0 Å². The van der Waals surface area contributed by atoms with Crippen molar-refractivity contribution in [3.8, 4) is 11.5 Å². The van der Waals surface area contributed by atoms with Gasteiger partial charge in [-0.05, 0) is 64.2 Å². The van der Waals surface area contributed by atoms with Gasteiger partial charge in [0.15, 0.2) is 17.5 Å². The van der Waals surface area contributed by atoms with Gasteiger partial charge in [0.05, 0.1) is 13.2 Å². The lowest BCUT2D eigenvalue weighted by atomic mass is 10.1. The van der Waals surface area contributed by atoms with Crippen LogP contribution in [0.15, 0.2) is 23.2 Å². The van der Waals surface area contributed by atoms with Crippen molar-refractivity contribution in [2.75, 3.05) is 14.2 Å². The number of guanidine groups is 1. The van der Waals surface area contributed by atoms with Crippen molar-refractivity contribution >= 4 is 29.9 Å². The van der Waals surface area contributed by atoms with Crippen molar-refractivity contribution in [3.63, 3.8) is 0 Å². The lowest BCUT2D eigenvalue weighted by Crippen LogP contribution is -2.47. The van der Waals surface area contributed by atoms with Gasteiger partial charge in [-0.1, -0.05) is 6.07 Å². The zero-order valence-corrected chi connectivity index (χ0v) is 18.3. The molecule has 0 saturated heterocycles. The SMILES string of the molecule is CN=C(NCc1ccc(OC)c(OC2CCCC2)c1)NC(C)(C)C.I. The van der Waals surface area contributed by atoms with Gasteiger partial charge < -0.3 is 20.1 Å². The fraction of sp³-hybridized carbons (Fsp3) is 0.632. The molecule has 1 aromatic carbocycles. The maximum Gasteiger partial charge on any atom is 0.191 e. The number of rotatable bonds is 5. The highest BCUT2D eigenvalue weighted by molar-refractivity contribution is 14.0. The van der Waals surface area contributed by atoms with Crippen LogP contribution in [0.4, 0.5) is 0 Å². The summed E-state index contributed by atoms with van der Waals surface area (Å²) in [6.07, 6.45) is 5.09. The molecule has 2 rings (SSSR count). The second kappa shape index (κ2) is 10.1. The third-order valence-corrected chi connectivity index (χ3v) is 4.00. The Balaban J connectivity index is 0.00000312. The molecule has 0 radical (unpaired) electrons. The van der Waals surface area contributed by atoms with Gasteiger partial charge in [0.2, 0.25) is 0 Å². The molecule has 0 spiro atoms. The number of nitrogens with one attached hydrogen (secondary N) is 2. The van der Waals surface area contributed by atoms with Crippen LogP contribution in [-0.4, -0.2) is 31.8 Å². The summed E-state index contributed by atoms with van der Waals surface area (Å²) in [4.78, 5) is 4.27. The lowest BCUT2D eigenvalue weighted by Gasteiger charge is -2.24. The zero-order valence-electron chi connectivity index (χ0n) is 16.0. The van der Waals surface area contributed by atoms with E-state index >= 15 is 0 Å². The molecule has 1 saturated carbocycles. The Hall–Kier alpha value is -1.18. The summed E-state index contributed by atoms with van der Waals surface area (Å²) in [5, 5.41) is 6.70. The van der Waals surface area contributed by atoms with Crippen LogP contribution in [0.25, 0.3) is 0 Å². The molecule has 0 unspecified atom stereocenters. The van der Waals surface area contributed by atoms with Gasteiger partial charge in [-0.25, -0.2) is 0 Å². The van der Waals surface area contributed by atoms with Crippen LogP contribution in [0.2, 0.25) is 0 Å². The Morgan fingerprint density at radius 1 is 1.20 bits per heavy atom. The van der Waals surface area contributed by atoms with E-state index in [0.29, 0.717) is 12.6 Å². The van der Waals surface area contributed by atoms with Gasteiger partial charge in [-0.15, -0.1) is 24.0 Å². The first kappa shape index (κ1) is 21.9. The Morgan fingerprint density at radius 3 is 2.44 bits per heavy atom. The molecule has 6 heteroatoms. The first-order valence-corrected chi connectivity index (χ1v) is 8.73. The molecule has 1 fully saturated rings. The predicted octanol–water partition coefficient (Wildman–Crippen LogP) is 4.10. The van der Waals surface area contributed by atoms with Crippen molar-refractivity contribution in [1.29, 1.82) is 0 Å². The molecule has 25 heavy (non-hydrogen) atoms. The average molecular weight is 461 g/mol. The molecule has 1 aliphatic carbocycles. The summed E-state index contributed by atoms with van der Waals surface area (Å²) in [5.74, 6) is 2.42. The Morgan fingerprint density at radius 2 is 1.88 bits per heavy atom. The highest BCUT2D eigenvalue weighted by Crippen LogP contribution is 2.32. The van der Waals surface area contributed by atoms with Crippen molar-refractivity contribution in [2.45, 2.75) is 64.6 Å². The maximum absolute atomic E-state index is 6.15. The third-order valence-electron chi connectivity index (χ3n) is 4.00. The summed E-state index contributed by atoms with van der Waals surface area (Å²) in [6.45, 7) is 7.02. The number of methoxy groups -OCH3 is 1. The standard InChI is InChI=1S/C19H31N3O2.HI/c1-19(2,3)22-18(20-4)21-13-14-10-11-16(23-5)17(12-14)24-15-8-6-7-9-15;/h10-12,15H,6-9,13H2,1-5H3,(H2,20,21,22);1H. The maximum atomic E-state index is 6.15. The highest BCUT2D eigenvalue weighted by Gasteiger charge is 2.19. The van der Waals surface area contributed by atoms with E-state index in [4.69, 9.17) is 9.47 Å². The smallest absolute Gasteiger partial charge is 0.191 e. The van der Waals surface area contributed by atoms with Crippen molar-refractivity contribution in [1.82, 2.24) is 10.6 Å². The largest absolute Gasteiger partial charge is 0.493 e. The first-order valence-electron chi connectivity index (χ1n) is 8.73. The van der Waals surface area contributed by atoms with E-state index in [2.05, 4.69) is 48.5 Å². The average Bonchev–Trinajstić information content (AvgIpc) is 3.03. The van der Waals surface area contributed by atoms with Gasteiger partial charge in [0, 0.05) is 19.1 Å². The second-order valence-electron chi connectivity index (χ2n) is 7.31. The van der Waals surface area contributed by atoms with E-state index in [1.807, 2.05) is 6.07 Å². The van der Waals surface area contributed by atoms with E-state index in [9.17, 15) is 0 Å². The molecule has 0 amide bonds.